The summed E-state index contributed by atoms with van der Waals surface area (Å²) in [5.74, 6) is 0.310. The molecule has 172 valence electrons. The van der Waals surface area contributed by atoms with Gasteiger partial charge in [0, 0.05) is 37.8 Å². The van der Waals surface area contributed by atoms with E-state index in [0.29, 0.717) is 12.8 Å². The Morgan fingerprint density at radius 1 is 0.750 bits per heavy atom. The van der Waals surface area contributed by atoms with Gasteiger partial charge in [-0.2, -0.15) is 4.57 Å². The number of hydrogen-bond acceptors (Lipinski definition) is 6. The molecule has 7 nitrogen and oxygen atoms in total. The highest BCUT2D eigenvalue weighted by molar-refractivity contribution is 6.03. The van der Waals surface area contributed by atoms with Crippen LogP contribution in [0.3, 0.4) is 0 Å². The first-order chi connectivity index (χ1) is 14.6. The first kappa shape index (κ1) is 24.5. The Hall–Kier alpha value is -2.16. The number of rotatable bonds is 1. The fourth-order valence-electron chi connectivity index (χ4n) is 4.64. The van der Waals surface area contributed by atoms with E-state index in [1.165, 1.54) is 5.56 Å². The fraction of sp³-hybridized carbons (Fsp3) is 0.458. The van der Waals surface area contributed by atoms with Crippen LogP contribution in [0.4, 0.5) is 0 Å². The van der Waals surface area contributed by atoms with Gasteiger partial charge in [-0.25, -0.2) is 18.6 Å². The van der Waals surface area contributed by atoms with E-state index >= 15 is 0 Å². The maximum absolute atomic E-state index is 12.9. The highest BCUT2D eigenvalue weighted by Crippen LogP contribution is 2.38. The molecule has 0 saturated carbocycles. The second kappa shape index (κ2) is 8.32. The lowest BCUT2D eigenvalue weighted by Crippen LogP contribution is -2.68. The first-order valence-electron chi connectivity index (χ1n) is 10.4. The number of benzene rings is 1. The summed E-state index contributed by atoms with van der Waals surface area (Å²) in [6.07, 6.45) is 2.74. The summed E-state index contributed by atoms with van der Waals surface area (Å²) < 4.78 is 36.2. The number of carbonyl (C=O) groups excluding carboxylic acids is 2. The molecular weight excluding hydrogens is 434 g/mol. The second-order valence-corrected chi connectivity index (χ2v) is 11.1. The molecule has 0 saturated heterocycles. The van der Waals surface area contributed by atoms with Gasteiger partial charge in [0.15, 0.2) is 23.0 Å². The number of Topliss-reactive ketones (excluding diaryl/α,β-unsaturated/α-hetero) is 2. The molecule has 2 aliphatic carbocycles. The van der Waals surface area contributed by atoms with E-state index in [9.17, 15) is 9.59 Å². The van der Waals surface area contributed by atoms with Crippen LogP contribution >= 0.6 is 0 Å². The molecule has 1 aromatic heterocycles. The molecule has 0 unspecified atom stereocenters. The van der Waals surface area contributed by atoms with E-state index < -0.39 is 10.2 Å². The Bertz CT molecular complexity index is 1010. The van der Waals surface area contributed by atoms with Gasteiger partial charge >= 0.3 is 0 Å². The van der Waals surface area contributed by atoms with Crippen LogP contribution in [0, 0.1) is 28.0 Å². The molecular formula is C24H28ClNO6. The van der Waals surface area contributed by atoms with Crippen LogP contribution in [0.5, 0.6) is 0 Å². The maximum atomic E-state index is 12.9. The molecule has 1 heterocycles. The van der Waals surface area contributed by atoms with Crippen molar-refractivity contribution in [2.75, 3.05) is 0 Å². The van der Waals surface area contributed by atoms with Crippen molar-refractivity contribution in [3.63, 3.8) is 0 Å². The van der Waals surface area contributed by atoms with Gasteiger partial charge in [0.2, 0.25) is 5.69 Å². The lowest BCUT2D eigenvalue weighted by atomic mass is 9.71. The summed E-state index contributed by atoms with van der Waals surface area (Å²) in [5, 5.41) is 0. The minimum Gasteiger partial charge on any atom is -0.294 e. The minimum atomic E-state index is -4.94. The number of aromatic nitrogens is 1. The smallest absolute Gasteiger partial charge is 0.211 e. The number of fused-ring (bicyclic) bond motifs is 2. The average molecular weight is 462 g/mol. The normalized spacial score (nSPS) is 18.9. The van der Waals surface area contributed by atoms with E-state index in [2.05, 4.69) is 63.5 Å². The maximum Gasteiger partial charge on any atom is 0.211 e. The quantitative estimate of drug-likeness (QED) is 0.542. The van der Waals surface area contributed by atoms with Gasteiger partial charge in [-0.15, -0.1) is 10.2 Å². The van der Waals surface area contributed by atoms with Crippen molar-refractivity contribution in [1.29, 1.82) is 0 Å². The molecule has 0 atom stereocenters. The van der Waals surface area contributed by atoms with Crippen molar-refractivity contribution in [1.82, 2.24) is 0 Å². The van der Waals surface area contributed by atoms with Crippen molar-refractivity contribution in [2.24, 2.45) is 10.8 Å². The van der Waals surface area contributed by atoms with Crippen molar-refractivity contribution >= 4 is 11.6 Å². The second-order valence-electron chi connectivity index (χ2n) is 10.3. The molecule has 0 fully saturated rings. The Labute approximate surface area is 190 Å². The summed E-state index contributed by atoms with van der Waals surface area (Å²) in [6, 6.07) is 10.3. The zero-order valence-corrected chi connectivity index (χ0v) is 19.7. The Kier molecular flexibility index (Phi) is 6.36. The molecule has 0 spiro atoms. The zero-order chi connectivity index (χ0) is 24.1. The Balaban J connectivity index is 0.000000523. The zero-order valence-electron chi connectivity index (χ0n) is 19.0. The molecule has 32 heavy (non-hydrogen) atoms. The SMILES string of the molecule is Cc1ccc(-[n+]2c3c(cc4c2CC(C)(C)CC4=O)C(=O)CC(C)(C)C3)cc1.[O-][Cl+3]([O-])([O-])[O-]. The number of pyridine rings is 1. The van der Waals surface area contributed by atoms with Gasteiger partial charge in [-0.3, -0.25) is 9.59 Å². The summed E-state index contributed by atoms with van der Waals surface area (Å²) in [6.45, 7) is 10.7. The molecule has 4 rings (SSSR count). The van der Waals surface area contributed by atoms with E-state index in [-0.39, 0.29) is 22.4 Å². The molecule has 1 aromatic carbocycles. The van der Waals surface area contributed by atoms with Crippen LogP contribution in [0.1, 0.15) is 78.2 Å². The van der Waals surface area contributed by atoms with Crippen molar-refractivity contribution < 1.29 is 43.0 Å². The third kappa shape index (κ3) is 5.60. The van der Waals surface area contributed by atoms with Crippen LogP contribution in [0.2, 0.25) is 0 Å². The summed E-state index contributed by atoms with van der Waals surface area (Å²) in [5.41, 5.74) is 5.70. The summed E-state index contributed by atoms with van der Waals surface area (Å²) in [4.78, 5) is 25.9. The number of nitrogens with zero attached hydrogens (tertiary/aromatic N) is 1. The highest BCUT2D eigenvalue weighted by atomic mass is 35.7. The predicted octanol–water partition coefficient (Wildman–Crippen LogP) is -0.174. The molecule has 0 amide bonds. The topological polar surface area (TPSA) is 130 Å². The molecule has 0 N–H and O–H groups in total. The minimum absolute atomic E-state index is 0.0705. The van der Waals surface area contributed by atoms with E-state index in [0.717, 1.165) is 41.0 Å². The van der Waals surface area contributed by atoms with Gasteiger partial charge in [-0.05, 0) is 23.8 Å². The number of ketones is 2. The lowest BCUT2D eigenvalue weighted by Gasteiger charge is -2.32. The summed E-state index contributed by atoms with van der Waals surface area (Å²) in [7, 11) is -4.94. The van der Waals surface area contributed by atoms with Crippen LogP contribution in [0.15, 0.2) is 30.3 Å². The highest BCUT2D eigenvalue weighted by Gasteiger charge is 2.44. The molecule has 8 heteroatoms. The standard InChI is InChI=1S/C24H28NO2.ClHO4/c1-15-6-8-16(9-7-15)25-19-11-23(2,3)13-21(26)17(19)10-18-20(25)12-24(4,5)14-22(18)27;2-1(3,4)5/h6-10H,11-14H2,1-5H3;(H,2,3,4,5)/q+1;/p-1. The monoisotopic (exact) mass is 461 g/mol. The number of halogens is 1. The molecule has 0 bridgehead atoms. The van der Waals surface area contributed by atoms with E-state index in [1.807, 2.05) is 6.07 Å². The molecule has 2 aliphatic rings. The van der Waals surface area contributed by atoms with Gasteiger partial charge in [0.25, 0.3) is 0 Å². The average Bonchev–Trinajstić information content (AvgIpc) is 2.58. The number of aryl methyl sites for hydroxylation is 1. The number of hydrogen-bond donors (Lipinski definition) is 0. The van der Waals surface area contributed by atoms with Gasteiger partial charge in [-0.1, -0.05) is 45.4 Å². The Morgan fingerprint density at radius 3 is 1.50 bits per heavy atom. The number of carbonyl (C=O) groups is 2. The van der Waals surface area contributed by atoms with Crippen molar-refractivity contribution in [3.8, 4) is 5.69 Å². The molecule has 2 aromatic rings. The molecule has 0 aliphatic heterocycles. The van der Waals surface area contributed by atoms with Crippen LogP contribution in [-0.4, -0.2) is 11.6 Å². The van der Waals surface area contributed by atoms with Crippen LogP contribution in [0.25, 0.3) is 5.69 Å². The predicted molar refractivity (Wildman–Crippen MR) is 106 cm³/mol. The van der Waals surface area contributed by atoms with Gasteiger partial charge < -0.3 is 0 Å². The van der Waals surface area contributed by atoms with Crippen molar-refractivity contribution in [3.05, 3.63) is 58.4 Å². The van der Waals surface area contributed by atoms with Crippen molar-refractivity contribution in [2.45, 2.75) is 60.3 Å². The molecule has 0 radical (unpaired) electrons. The Morgan fingerprint density at radius 2 is 1.12 bits per heavy atom. The third-order valence-electron chi connectivity index (χ3n) is 5.91. The first-order valence-corrected chi connectivity index (χ1v) is 11.7. The van der Waals surface area contributed by atoms with Crippen LogP contribution in [-0.2, 0) is 12.8 Å². The van der Waals surface area contributed by atoms with Gasteiger partial charge in [0.1, 0.15) is 0 Å². The van der Waals surface area contributed by atoms with Gasteiger partial charge in [0.05, 0.1) is 11.1 Å². The summed E-state index contributed by atoms with van der Waals surface area (Å²) >= 11 is 0. The third-order valence-corrected chi connectivity index (χ3v) is 5.91. The van der Waals surface area contributed by atoms with E-state index in [1.54, 1.807) is 0 Å². The fourth-order valence-corrected chi connectivity index (χ4v) is 4.64. The van der Waals surface area contributed by atoms with Crippen LogP contribution < -0.4 is 23.2 Å². The largest absolute Gasteiger partial charge is 0.294 e. The van der Waals surface area contributed by atoms with E-state index in [4.69, 9.17) is 18.6 Å². The lowest BCUT2D eigenvalue weighted by molar-refractivity contribution is -2.00.